The molecule has 0 saturated carbocycles. The lowest BCUT2D eigenvalue weighted by molar-refractivity contribution is 0.486. The highest BCUT2D eigenvalue weighted by molar-refractivity contribution is 7.09. The van der Waals surface area contributed by atoms with E-state index in [4.69, 9.17) is 0 Å². The maximum absolute atomic E-state index is 3.60. The van der Waals surface area contributed by atoms with Crippen LogP contribution in [-0.4, -0.2) is 12.6 Å². The van der Waals surface area contributed by atoms with Gasteiger partial charge in [-0.05, 0) is 31.2 Å². The standard InChI is InChI=1S/C14H25NS/c1-3-4-5-6-8-13(2)15-11-10-14-9-7-12-16-14/h7,9,12-13,15H,3-6,8,10-11H2,1-2H3. The molecular formula is C14H25NS. The predicted octanol–water partition coefficient (Wildman–Crippen LogP) is 4.24. The van der Waals surface area contributed by atoms with Gasteiger partial charge in [-0.1, -0.05) is 38.7 Å². The summed E-state index contributed by atoms with van der Waals surface area (Å²) < 4.78 is 0. The van der Waals surface area contributed by atoms with Crippen LogP contribution in [0.2, 0.25) is 0 Å². The highest BCUT2D eigenvalue weighted by atomic mass is 32.1. The molecule has 0 amide bonds. The van der Waals surface area contributed by atoms with Crippen LogP contribution in [0.1, 0.15) is 50.8 Å². The Labute approximate surface area is 104 Å². The smallest absolute Gasteiger partial charge is 0.00578 e. The second-order valence-electron chi connectivity index (χ2n) is 4.53. The predicted molar refractivity (Wildman–Crippen MR) is 74.2 cm³/mol. The number of nitrogens with one attached hydrogen (secondary N) is 1. The molecule has 92 valence electrons. The second-order valence-corrected chi connectivity index (χ2v) is 5.57. The van der Waals surface area contributed by atoms with Crippen LogP contribution in [-0.2, 0) is 6.42 Å². The molecule has 0 radical (unpaired) electrons. The molecule has 1 aromatic heterocycles. The zero-order valence-corrected chi connectivity index (χ0v) is 11.5. The van der Waals surface area contributed by atoms with Gasteiger partial charge in [0.1, 0.15) is 0 Å². The van der Waals surface area contributed by atoms with Gasteiger partial charge in [-0.2, -0.15) is 0 Å². The van der Waals surface area contributed by atoms with E-state index in [-0.39, 0.29) is 0 Å². The van der Waals surface area contributed by atoms with Crippen molar-refractivity contribution >= 4 is 11.3 Å². The maximum atomic E-state index is 3.60. The van der Waals surface area contributed by atoms with Crippen molar-refractivity contribution in [1.29, 1.82) is 0 Å². The lowest BCUT2D eigenvalue weighted by Gasteiger charge is -2.12. The molecule has 1 atom stereocenters. The zero-order chi connectivity index (χ0) is 11.6. The molecule has 0 aliphatic heterocycles. The number of unbranched alkanes of at least 4 members (excludes halogenated alkanes) is 3. The first-order chi connectivity index (χ1) is 7.83. The molecular weight excluding hydrogens is 214 g/mol. The van der Waals surface area contributed by atoms with Crippen molar-refractivity contribution in [2.24, 2.45) is 0 Å². The molecule has 1 rings (SSSR count). The first-order valence-electron chi connectivity index (χ1n) is 6.58. The van der Waals surface area contributed by atoms with Crippen LogP contribution in [0.15, 0.2) is 17.5 Å². The van der Waals surface area contributed by atoms with Gasteiger partial charge in [-0.15, -0.1) is 11.3 Å². The molecule has 0 aliphatic rings. The summed E-state index contributed by atoms with van der Waals surface area (Å²) in [6.45, 7) is 5.69. The Morgan fingerprint density at radius 1 is 1.31 bits per heavy atom. The van der Waals surface area contributed by atoms with Crippen molar-refractivity contribution in [3.8, 4) is 0 Å². The average molecular weight is 239 g/mol. The average Bonchev–Trinajstić information content (AvgIpc) is 2.77. The third-order valence-electron chi connectivity index (χ3n) is 2.93. The van der Waals surface area contributed by atoms with Gasteiger partial charge in [0.15, 0.2) is 0 Å². The molecule has 0 aliphatic carbocycles. The maximum Gasteiger partial charge on any atom is 0.00578 e. The molecule has 1 heterocycles. The molecule has 0 bridgehead atoms. The fraction of sp³-hybridized carbons (Fsp3) is 0.714. The Kier molecular flexibility index (Phi) is 7.52. The fourth-order valence-corrected chi connectivity index (χ4v) is 2.58. The summed E-state index contributed by atoms with van der Waals surface area (Å²) in [7, 11) is 0. The summed E-state index contributed by atoms with van der Waals surface area (Å²) in [4.78, 5) is 1.49. The van der Waals surface area contributed by atoms with E-state index >= 15 is 0 Å². The molecule has 0 saturated heterocycles. The molecule has 1 unspecified atom stereocenters. The largest absolute Gasteiger partial charge is 0.314 e. The van der Waals surface area contributed by atoms with E-state index in [1.54, 1.807) is 0 Å². The molecule has 2 heteroatoms. The fourth-order valence-electron chi connectivity index (χ4n) is 1.88. The third kappa shape index (κ3) is 6.29. The summed E-state index contributed by atoms with van der Waals surface area (Å²) >= 11 is 1.86. The van der Waals surface area contributed by atoms with Crippen LogP contribution in [0, 0.1) is 0 Å². The SMILES string of the molecule is CCCCCCC(C)NCCc1cccs1. The van der Waals surface area contributed by atoms with Gasteiger partial charge >= 0.3 is 0 Å². The summed E-state index contributed by atoms with van der Waals surface area (Å²) in [6, 6.07) is 5.03. The Bertz CT molecular complexity index is 243. The monoisotopic (exact) mass is 239 g/mol. The van der Waals surface area contributed by atoms with Crippen molar-refractivity contribution in [2.45, 2.75) is 58.4 Å². The van der Waals surface area contributed by atoms with E-state index in [1.807, 2.05) is 11.3 Å². The number of hydrogen-bond acceptors (Lipinski definition) is 2. The lowest BCUT2D eigenvalue weighted by Crippen LogP contribution is -2.27. The van der Waals surface area contributed by atoms with E-state index in [1.165, 1.54) is 43.4 Å². The minimum Gasteiger partial charge on any atom is -0.314 e. The van der Waals surface area contributed by atoms with Crippen molar-refractivity contribution in [2.75, 3.05) is 6.54 Å². The van der Waals surface area contributed by atoms with E-state index in [2.05, 4.69) is 36.7 Å². The molecule has 0 aromatic carbocycles. The Balaban J connectivity index is 1.95. The number of hydrogen-bond donors (Lipinski definition) is 1. The normalized spacial score (nSPS) is 12.9. The lowest BCUT2D eigenvalue weighted by atomic mass is 10.1. The summed E-state index contributed by atoms with van der Waals surface area (Å²) in [5, 5.41) is 5.76. The van der Waals surface area contributed by atoms with Gasteiger partial charge in [0, 0.05) is 17.5 Å². The van der Waals surface area contributed by atoms with Gasteiger partial charge < -0.3 is 5.32 Å². The molecule has 1 aromatic rings. The minimum atomic E-state index is 0.678. The van der Waals surface area contributed by atoms with E-state index in [9.17, 15) is 0 Å². The van der Waals surface area contributed by atoms with Gasteiger partial charge in [0.05, 0.1) is 0 Å². The number of rotatable bonds is 9. The first kappa shape index (κ1) is 13.7. The second kappa shape index (κ2) is 8.77. The van der Waals surface area contributed by atoms with Crippen LogP contribution in [0.3, 0.4) is 0 Å². The summed E-state index contributed by atoms with van der Waals surface area (Å²) in [6.07, 6.45) is 8.00. The molecule has 0 fully saturated rings. The van der Waals surface area contributed by atoms with Crippen LogP contribution < -0.4 is 5.32 Å². The minimum absolute atomic E-state index is 0.678. The zero-order valence-electron chi connectivity index (χ0n) is 10.7. The highest BCUT2D eigenvalue weighted by Gasteiger charge is 2.01. The van der Waals surface area contributed by atoms with Crippen LogP contribution in [0.5, 0.6) is 0 Å². The molecule has 1 N–H and O–H groups in total. The van der Waals surface area contributed by atoms with Crippen molar-refractivity contribution in [3.63, 3.8) is 0 Å². The van der Waals surface area contributed by atoms with Crippen molar-refractivity contribution < 1.29 is 0 Å². The Hall–Kier alpha value is -0.340. The third-order valence-corrected chi connectivity index (χ3v) is 3.87. The quantitative estimate of drug-likeness (QED) is 0.636. The first-order valence-corrected chi connectivity index (χ1v) is 7.46. The number of thiophene rings is 1. The molecule has 16 heavy (non-hydrogen) atoms. The Morgan fingerprint density at radius 2 is 2.19 bits per heavy atom. The van der Waals surface area contributed by atoms with Crippen LogP contribution >= 0.6 is 11.3 Å². The summed E-state index contributed by atoms with van der Waals surface area (Å²) in [5.41, 5.74) is 0. The van der Waals surface area contributed by atoms with E-state index < -0.39 is 0 Å². The van der Waals surface area contributed by atoms with E-state index in [0.717, 1.165) is 6.54 Å². The van der Waals surface area contributed by atoms with Gasteiger partial charge in [0.2, 0.25) is 0 Å². The van der Waals surface area contributed by atoms with Crippen molar-refractivity contribution in [1.82, 2.24) is 5.32 Å². The van der Waals surface area contributed by atoms with Gasteiger partial charge in [0.25, 0.3) is 0 Å². The van der Waals surface area contributed by atoms with E-state index in [0.29, 0.717) is 6.04 Å². The Morgan fingerprint density at radius 3 is 2.88 bits per heavy atom. The summed E-state index contributed by atoms with van der Waals surface area (Å²) in [5.74, 6) is 0. The van der Waals surface area contributed by atoms with Crippen LogP contribution in [0.25, 0.3) is 0 Å². The molecule has 0 spiro atoms. The highest BCUT2D eigenvalue weighted by Crippen LogP contribution is 2.09. The molecule has 1 nitrogen and oxygen atoms in total. The van der Waals surface area contributed by atoms with Crippen LogP contribution in [0.4, 0.5) is 0 Å². The van der Waals surface area contributed by atoms with Gasteiger partial charge in [-0.25, -0.2) is 0 Å². The van der Waals surface area contributed by atoms with Crippen molar-refractivity contribution in [3.05, 3.63) is 22.4 Å². The topological polar surface area (TPSA) is 12.0 Å². The van der Waals surface area contributed by atoms with Gasteiger partial charge in [-0.3, -0.25) is 0 Å².